The Morgan fingerprint density at radius 2 is 2.00 bits per heavy atom. The molecule has 1 N–H and O–H groups in total. The summed E-state index contributed by atoms with van der Waals surface area (Å²) in [5.74, 6) is 0. The first-order valence-corrected chi connectivity index (χ1v) is 3.29. The number of nitrogens with zero attached hydrogens (tertiary/aromatic N) is 1. The summed E-state index contributed by atoms with van der Waals surface area (Å²) in [4.78, 5) is 0. The van der Waals surface area contributed by atoms with Crippen molar-refractivity contribution in [2.24, 2.45) is 5.16 Å². The van der Waals surface area contributed by atoms with Gasteiger partial charge in [0.2, 0.25) is 0 Å². The van der Waals surface area contributed by atoms with Crippen LogP contribution < -0.4 is 0 Å². The molecule has 1 rings (SSSR count). The van der Waals surface area contributed by atoms with Crippen molar-refractivity contribution in [3.63, 3.8) is 0 Å². The van der Waals surface area contributed by atoms with Crippen molar-refractivity contribution in [3.8, 4) is 0 Å². The van der Waals surface area contributed by atoms with Gasteiger partial charge in [0.1, 0.15) is 0 Å². The molecule has 2 nitrogen and oxygen atoms in total. The average molecular weight is 125 g/mol. The van der Waals surface area contributed by atoms with E-state index in [-0.39, 0.29) is 0 Å². The largest absolute Gasteiger partial charge is 0.411 e. The highest BCUT2D eigenvalue weighted by Gasteiger charge is 2.03. The lowest BCUT2D eigenvalue weighted by molar-refractivity contribution is 0.322. The minimum Gasteiger partial charge on any atom is -0.411 e. The third-order valence-electron chi connectivity index (χ3n) is 1.62. The van der Waals surface area contributed by atoms with Crippen LogP contribution in [0, 0.1) is 0 Å². The van der Waals surface area contributed by atoms with Crippen LogP contribution in [0.4, 0.5) is 0 Å². The summed E-state index contributed by atoms with van der Waals surface area (Å²) in [5, 5.41) is 10.9. The van der Waals surface area contributed by atoms with Crippen LogP contribution in [0.25, 0.3) is 0 Å². The molecule has 1 fully saturated rings. The van der Waals surface area contributed by atoms with Crippen LogP contribution in [-0.2, 0) is 0 Å². The predicted molar refractivity (Wildman–Crippen MR) is 36.8 cm³/mol. The normalized spacial score (nSPS) is 19.3. The summed E-state index contributed by atoms with van der Waals surface area (Å²) in [6.07, 6.45) is 8.31. The average Bonchev–Trinajstić information content (AvgIpc) is 2.34. The first-order chi connectivity index (χ1) is 4.43. The topological polar surface area (TPSA) is 32.6 Å². The van der Waals surface area contributed by atoms with Crippen molar-refractivity contribution < 1.29 is 5.21 Å². The van der Waals surface area contributed by atoms with Crippen molar-refractivity contribution in [1.29, 1.82) is 0 Å². The summed E-state index contributed by atoms with van der Waals surface area (Å²) < 4.78 is 0. The molecule has 0 aliphatic heterocycles. The Labute approximate surface area is 54.9 Å². The Hall–Kier alpha value is -0.790. The molecule has 0 unspecified atom stereocenters. The van der Waals surface area contributed by atoms with Crippen LogP contribution in [-0.4, -0.2) is 11.4 Å². The predicted octanol–water partition coefficient (Wildman–Crippen LogP) is 1.95. The molecule has 9 heavy (non-hydrogen) atoms. The van der Waals surface area contributed by atoms with Gasteiger partial charge in [0, 0.05) is 0 Å². The molecule has 1 aliphatic carbocycles. The summed E-state index contributed by atoms with van der Waals surface area (Å²) >= 11 is 0. The van der Waals surface area contributed by atoms with E-state index in [0.29, 0.717) is 0 Å². The zero-order valence-corrected chi connectivity index (χ0v) is 5.38. The first-order valence-electron chi connectivity index (χ1n) is 3.29. The molecule has 0 spiro atoms. The van der Waals surface area contributed by atoms with Gasteiger partial charge < -0.3 is 5.21 Å². The molecule has 0 bridgehead atoms. The van der Waals surface area contributed by atoms with Crippen LogP contribution in [0.1, 0.15) is 25.7 Å². The fourth-order valence-corrected chi connectivity index (χ4v) is 1.13. The van der Waals surface area contributed by atoms with Gasteiger partial charge in [0.25, 0.3) is 0 Å². The van der Waals surface area contributed by atoms with E-state index in [1.54, 1.807) is 0 Å². The number of hydrogen-bond donors (Lipinski definition) is 1. The molecule has 0 radical (unpaired) electrons. The number of rotatable bonds is 1. The lowest BCUT2D eigenvalue weighted by atomic mass is 10.2. The van der Waals surface area contributed by atoms with Crippen LogP contribution in [0.15, 0.2) is 16.8 Å². The number of oxime groups is 1. The highest BCUT2D eigenvalue weighted by atomic mass is 16.4. The molecule has 0 amide bonds. The Bertz CT molecular complexity index is 130. The van der Waals surface area contributed by atoms with Gasteiger partial charge in [-0.15, -0.1) is 0 Å². The maximum atomic E-state index is 8.05. The molecule has 2 heteroatoms. The second kappa shape index (κ2) is 3.28. The minimum absolute atomic E-state index is 1.19. The fraction of sp³-hybridized carbons (Fsp3) is 0.571. The highest BCUT2D eigenvalue weighted by molar-refractivity contribution is 5.71. The van der Waals surface area contributed by atoms with E-state index in [2.05, 4.69) is 5.16 Å². The Morgan fingerprint density at radius 1 is 1.33 bits per heavy atom. The second-order valence-corrected chi connectivity index (χ2v) is 2.30. The molecule has 0 aromatic heterocycles. The van der Waals surface area contributed by atoms with Gasteiger partial charge in [-0.2, -0.15) is 0 Å². The monoisotopic (exact) mass is 125 g/mol. The minimum atomic E-state index is 1.19. The van der Waals surface area contributed by atoms with Crippen molar-refractivity contribution in [3.05, 3.63) is 11.6 Å². The third-order valence-corrected chi connectivity index (χ3v) is 1.62. The smallest absolute Gasteiger partial charge is 0.0661 e. The first kappa shape index (κ1) is 6.33. The van der Waals surface area contributed by atoms with E-state index in [0.717, 1.165) is 0 Å². The van der Waals surface area contributed by atoms with Gasteiger partial charge in [0.05, 0.1) is 6.21 Å². The summed E-state index contributed by atoms with van der Waals surface area (Å²) in [5.41, 5.74) is 1.41. The van der Waals surface area contributed by atoms with Crippen molar-refractivity contribution in [2.75, 3.05) is 0 Å². The van der Waals surface area contributed by atoms with Gasteiger partial charge in [0.15, 0.2) is 0 Å². The highest BCUT2D eigenvalue weighted by Crippen LogP contribution is 2.22. The summed E-state index contributed by atoms with van der Waals surface area (Å²) in [7, 11) is 0. The lowest BCUT2D eigenvalue weighted by Crippen LogP contribution is -1.72. The molecular formula is C7H11NO. The zero-order chi connectivity index (χ0) is 6.53. The molecule has 0 heterocycles. The van der Waals surface area contributed by atoms with Gasteiger partial charge >= 0.3 is 0 Å². The Kier molecular flexibility index (Phi) is 2.31. The van der Waals surface area contributed by atoms with E-state index in [9.17, 15) is 0 Å². The van der Waals surface area contributed by atoms with E-state index in [1.165, 1.54) is 37.5 Å². The van der Waals surface area contributed by atoms with Crippen LogP contribution in [0.3, 0.4) is 0 Å². The Balaban J connectivity index is 2.39. The summed E-state index contributed by atoms with van der Waals surface area (Å²) in [6, 6.07) is 0. The molecule has 0 aromatic rings. The fourth-order valence-electron chi connectivity index (χ4n) is 1.13. The lowest BCUT2D eigenvalue weighted by Gasteiger charge is -1.86. The number of allylic oxidation sites excluding steroid dienone is 2. The SMILES string of the molecule is O/N=C/C=C1CCCC1. The van der Waals surface area contributed by atoms with E-state index in [4.69, 9.17) is 5.21 Å². The number of hydrogen-bond acceptors (Lipinski definition) is 2. The van der Waals surface area contributed by atoms with Crippen molar-refractivity contribution in [1.82, 2.24) is 0 Å². The van der Waals surface area contributed by atoms with Gasteiger partial charge in [-0.1, -0.05) is 10.7 Å². The van der Waals surface area contributed by atoms with Gasteiger partial charge in [-0.25, -0.2) is 0 Å². The molecule has 0 aromatic carbocycles. The van der Waals surface area contributed by atoms with E-state index < -0.39 is 0 Å². The van der Waals surface area contributed by atoms with Gasteiger partial charge in [-0.3, -0.25) is 0 Å². The third kappa shape index (κ3) is 1.88. The molecule has 1 saturated carbocycles. The van der Waals surface area contributed by atoms with Crippen LogP contribution >= 0.6 is 0 Å². The molecule has 0 atom stereocenters. The quantitative estimate of drug-likeness (QED) is 0.324. The van der Waals surface area contributed by atoms with Crippen molar-refractivity contribution in [2.45, 2.75) is 25.7 Å². The van der Waals surface area contributed by atoms with E-state index >= 15 is 0 Å². The molecular weight excluding hydrogens is 114 g/mol. The van der Waals surface area contributed by atoms with Crippen molar-refractivity contribution >= 4 is 6.21 Å². The standard InChI is InChI=1S/C7H11NO/c9-8-6-5-7-3-1-2-4-7/h5-6,9H,1-4H2/b8-6+. The molecule has 1 aliphatic rings. The van der Waals surface area contributed by atoms with E-state index in [1.807, 2.05) is 6.08 Å². The zero-order valence-electron chi connectivity index (χ0n) is 5.38. The summed E-state index contributed by atoms with van der Waals surface area (Å²) in [6.45, 7) is 0. The molecule has 0 saturated heterocycles. The van der Waals surface area contributed by atoms with Crippen LogP contribution in [0.5, 0.6) is 0 Å². The Morgan fingerprint density at radius 3 is 2.56 bits per heavy atom. The maximum absolute atomic E-state index is 8.05. The maximum Gasteiger partial charge on any atom is 0.0661 e. The molecule has 50 valence electrons. The van der Waals surface area contributed by atoms with Gasteiger partial charge in [-0.05, 0) is 31.8 Å². The van der Waals surface area contributed by atoms with Crippen LogP contribution in [0.2, 0.25) is 0 Å². The second-order valence-electron chi connectivity index (χ2n) is 2.30.